The molecule has 0 fully saturated rings. The van der Waals surface area contributed by atoms with Gasteiger partial charge >= 0.3 is 23.7 Å². The summed E-state index contributed by atoms with van der Waals surface area (Å²) in [5, 5.41) is 11.2. The van der Waals surface area contributed by atoms with E-state index in [1.54, 1.807) is 0 Å². The van der Waals surface area contributed by atoms with Crippen LogP contribution in [0.25, 0.3) is 0 Å². The number of halogens is 3. The van der Waals surface area contributed by atoms with Crippen LogP contribution in [0.4, 0.5) is 13.2 Å². The molecular formula is C11H6F3N2O2+. The van der Waals surface area contributed by atoms with Gasteiger partial charge in [0.1, 0.15) is 0 Å². The zero-order valence-electron chi connectivity index (χ0n) is 8.75. The van der Waals surface area contributed by atoms with Crippen molar-refractivity contribution < 1.29 is 23.1 Å². The van der Waals surface area contributed by atoms with Gasteiger partial charge in [0.05, 0.1) is 11.1 Å². The molecule has 0 aromatic heterocycles. The molecule has 1 aromatic carbocycles. The summed E-state index contributed by atoms with van der Waals surface area (Å²) in [6, 6.07) is 4.10. The minimum absolute atomic E-state index is 0.0338. The van der Waals surface area contributed by atoms with Gasteiger partial charge in [-0.25, -0.2) is 4.79 Å². The molecule has 0 spiro atoms. The Morgan fingerprint density at radius 2 is 1.83 bits per heavy atom. The van der Waals surface area contributed by atoms with Crippen LogP contribution in [0.1, 0.15) is 11.1 Å². The van der Waals surface area contributed by atoms with Crippen molar-refractivity contribution in [2.75, 3.05) is 0 Å². The monoisotopic (exact) mass is 255 g/mol. The number of carbonyl (C=O) groups excluding carboxylic acids is 1. The van der Waals surface area contributed by atoms with E-state index in [1.807, 2.05) is 0 Å². The van der Waals surface area contributed by atoms with Gasteiger partial charge in [0.2, 0.25) is 5.87 Å². The van der Waals surface area contributed by atoms with E-state index in [4.69, 9.17) is 5.11 Å². The Morgan fingerprint density at radius 3 is 2.33 bits per heavy atom. The number of benzene rings is 1. The highest BCUT2D eigenvalue weighted by atomic mass is 19.4. The lowest BCUT2D eigenvalue weighted by atomic mass is 10.1. The highest BCUT2D eigenvalue weighted by Gasteiger charge is 2.31. The van der Waals surface area contributed by atoms with E-state index in [9.17, 15) is 18.0 Å². The molecular weight excluding hydrogens is 249 g/mol. The number of amides is 1. The summed E-state index contributed by atoms with van der Waals surface area (Å²) < 4.78 is 40.6. The maximum absolute atomic E-state index is 12.3. The maximum Gasteiger partial charge on any atom is 0.416 e. The van der Waals surface area contributed by atoms with Crippen molar-refractivity contribution in [1.82, 2.24) is 9.98 Å². The van der Waals surface area contributed by atoms with Crippen molar-refractivity contribution >= 4 is 17.6 Å². The summed E-state index contributed by atoms with van der Waals surface area (Å²) in [6.07, 6.45) is -4.42. The van der Waals surface area contributed by atoms with Crippen molar-refractivity contribution in [3.63, 3.8) is 0 Å². The smallest absolute Gasteiger partial charge is 0.416 e. The van der Waals surface area contributed by atoms with Crippen LogP contribution < -0.4 is 9.98 Å². The molecule has 0 saturated carbocycles. The van der Waals surface area contributed by atoms with Crippen molar-refractivity contribution in [3.8, 4) is 0 Å². The van der Waals surface area contributed by atoms with E-state index >= 15 is 0 Å². The summed E-state index contributed by atoms with van der Waals surface area (Å²) in [5.41, 5.74) is -0.507. The van der Waals surface area contributed by atoms with Crippen LogP contribution in [0.5, 0.6) is 0 Å². The average molecular weight is 255 g/mol. The van der Waals surface area contributed by atoms with Crippen molar-refractivity contribution in [1.29, 1.82) is 0 Å². The Morgan fingerprint density at radius 1 is 1.22 bits per heavy atom. The molecule has 0 unspecified atom stereocenters. The molecule has 1 amide bonds. The predicted octanol–water partition coefficient (Wildman–Crippen LogP) is 0.761. The minimum Gasteiger partial charge on any atom is -0.492 e. The number of hydrogen-bond acceptors (Lipinski definition) is 2. The van der Waals surface area contributed by atoms with Gasteiger partial charge < -0.3 is 5.11 Å². The number of nitrogens with one attached hydrogen (secondary N) is 1. The van der Waals surface area contributed by atoms with Gasteiger partial charge in [-0.3, -0.25) is 0 Å². The van der Waals surface area contributed by atoms with E-state index < -0.39 is 23.4 Å². The molecule has 1 aliphatic rings. The maximum atomic E-state index is 12.3. The standard InChI is InChI=1S/C11H5F3N2O2/c12-11(13,14)7-3-1-6(2-4-7)9-15-5-8(17)10(18)16-9/h1-4,17H/p+1. The molecule has 2 rings (SSSR count). The predicted molar refractivity (Wildman–Crippen MR) is 57.0 cm³/mol. The molecule has 1 heterocycles. The quantitative estimate of drug-likeness (QED) is 0.728. The van der Waals surface area contributed by atoms with E-state index in [0.29, 0.717) is 0 Å². The first-order chi connectivity index (χ1) is 8.38. The molecule has 1 aromatic rings. The van der Waals surface area contributed by atoms with E-state index in [2.05, 4.69) is 15.9 Å². The number of nitrogens with zero attached hydrogens (tertiary/aromatic N) is 1. The lowest BCUT2D eigenvalue weighted by Gasteiger charge is -2.06. The molecule has 0 radical (unpaired) electrons. The number of aliphatic hydroxyl groups is 1. The van der Waals surface area contributed by atoms with Crippen LogP contribution in [0.15, 0.2) is 30.0 Å². The third kappa shape index (κ3) is 2.27. The van der Waals surface area contributed by atoms with Crippen LogP contribution in [0.3, 0.4) is 0 Å². The van der Waals surface area contributed by atoms with Crippen molar-refractivity contribution in [3.05, 3.63) is 41.2 Å². The fourth-order valence-corrected chi connectivity index (χ4v) is 1.31. The topological polar surface area (TPSA) is 63.4 Å². The summed E-state index contributed by atoms with van der Waals surface area (Å²) in [7, 11) is 0. The van der Waals surface area contributed by atoms with Gasteiger partial charge in [-0.15, -0.1) is 4.67 Å². The lowest BCUT2D eigenvalue weighted by Crippen LogP contribution is -2.36. The number of hydrogen-bond donors (Lipinski definition) is 2. The lowest BCUT2D eigenvalue weighted by molar-refractivity contribution is -0.137. The molecule has 1 aliphatic heterocycles. The number of rotatable bonds is 1. The van der Waals surface area contributed by atoms with Gasteiger partial charge in [-0.2, -0.15) is 18.5 Å². The minimum atomic E-state index is -4.42. The second-order valence-corrected chi connectivity index (χ2v) is 3.45. The van der Waals surface area contributed by atoms with Crippen molar-refractivity contribution in [2.24, 2.45) is 0 Å². The first-order valence-electron chi connectivity index (χ1n) is 4.76. The first kappa shape index (κ1) is 12.0. The molecule has 0 atom stereocenters. The summed E-state index contributed by atoms with van der Waals surface area (Å²) in [4.78, 5) is 11.1. The molecule has 4 nitrogen and oxygen atoms in total. The summed E-state index contributed by atoms with van der Waals surface area (Å²) >= 11 is 0. The Balaban J connectivity index is 2.38. The number of carbonyl (C=O) groups is 1. The fraction of sp³-hybridized carbons (Fsp3) is 0.0909. The average Bonchev–Trinajstić information content (AvgIpc) is 2.32. The van der Waals surface area contributed by atoms with Crippen LogP contribution in [-0.4, -0.2) is 22.7 Å². The number of amidine groups is 1. The first-order valence-corrected chi connectivity index (χ1v) is 4.76. The second-order valence-electron chi connectivity index (χ2n) is 3.45. The summed E-state index contributed by atoms with van der Waals surface area (Å²) in [6.45, 7) is 0. The Bertz CT molecular complexity index is 604. The van der Waals surface area contributed by atoms with Gasteiger partial charge in [-0.1, -0.05) is 0 Å². The van der Waals surface area contributed by atoms with E-state index in [0.717, 1.165) is 12.1 Å². The van der Waals surface area contributed by atoms with Crippen LogP contribution in [-0.2, 0) is 11.0 Å². The normalized spacial score (nSPS) is 14.9. The van der Waals surface area contributed by atoms with Crippen LogP contribution in [0, 0.1) is 0 Å². The Labute approximate surface area is 98.8 Å². The number of aliphatic hydroxyl groups excluding tert-OH is 1. The van der Waals surface area contributed by atoms with Gasteiger partial charge in [0.15, 0.2) is 0 Å². The van der Waals surface area contributed by atoms with Crippen molar-refractivity contribution in [2.45, 2.75) is 6.18 Å². The van der Waals surface area contributed by atoms with Gasteiger partial charge in [0, 0.05) is 0 Å². The van der Waals surface area contributed by atoms with Gasteiger partial charge in [-0.05, 0) is 24.3 Å². The largest absolute Gasteiger partial charge is 0.492 e. The molecule has 92 valence electrons. The molecule has 0 saturated heterocycles. The third-order valence-electron chi connectivity index (χ3n) is 2.21. The Kier molecular flexibility index (Phi) is 2.71. The Hall–Kier alpha value is -2.49. The summed E-state index contributed by atoms with van der Waals surface area (Å²) in [5.74, 6) is 0.604. The molecule has 18 heavy (non-hydrogen) atoms. The third-order valence-corrected chi connectivity index (χ3v) is 2.21. The highest BCUT2D eigenvalue weighted by molar-refractivity contribution is 6.16. The highest BCUT2D eigenvalue weighted by Crippen LogP contribution is 2.28. The second kappa shape index (κ2) is 4.07. The van der Waals surface area contributed by atoms with Crippen LogP contribution in [0.2, 0.25) is 0 Å². The molecule has 7 heteroatoms. The zero-order chi connectivity index (χ0) is 13.3. The van der Waals surface area contributed by atoms with Gasteiger partial charge in [0.25, 0.3) is 0 Å². The van der Waals surface area contributed by atoms with Crippen LogP contribution >= 0.6 is 0 Å². The van der Waals surface area contributed by atoms with E-state index in [-0.39, 0.29) is 11.4 Å². The SMILES string of the molecule is O=C1NC(c2ccc(C(F)(F)F)cc2)=[N+]=C=C1O. The molecule has 2 N–H and O–H groups in total. The van der Waals surface area contributed by atoms with E-state index in [1.165, 1.54) is 12.1 Å². The zero-order valence-corrected chi connectivity index (χ0v) is 8.75. The fourth-order valence-electron chi connectivity index (χ4n) is 1.31. The number of alkyl halides is 3. The molecule has 0 aliphatic carbocycles. The molecule has 0 bridgehead atoms.